The molecule has 0 bridgehead atoms. The van der Waals surface area contributed by atoms with E-state index in [9.17, 15) is 9.59 Å². The zero-order valence-electron chi connectivity index (χ0n) is 18.3. The maximum absolute atomic E-state index is 12.6. The molecule has 0 spiro atoms. The van der Waals surface area contributed by atoms with Gasteiger partial charge in [-0.15, -0.1) is 0 Å². The third-order valence-corrected chi connectivity index (χ3v) is 6.66. The van der Waals surface area contributed by atoms with Gasteiger partial charge in [-0.25, -0.2) is 9.97 Å². The van der Waals surface area contributed by atoms with E-state index >= 15 is 0 Å². The van der Waals surface area contributed by atoms with E-state index in [0.717, 1.165) is 40.5 Å². The highest BCUT2D eigenvalue weighted by Gasteiger charge is 2.16. The molecule has 2 amide bonds. The number of thioether (sulfide) groups is 1. The number of carbonyl (C=O) groups is 2. The van der Waals surface area contributed by atoms with E-state index < -0.39 is 0 Å². The number of benzene rings is 2. The maximum Gasteiger partial charge on any atom is 0.234 e. The van der Waals surface area contributed by atoms with Gasteiger partial charge in [0.1, 0.15) is 10.9 Å². The van der Waals surface area contributed by atoms with Crippen LogP contribution in [0.2, 0.25) is 0 Å². The Hall–Kier alpha value is -2.93. The standard InChI is InChI=1S/C25H28N4O2S/c1-17(30)26-19-9-6-10-20(15-19)27-24(31)16-32-25-21-11-4-5-12-22(21)28-23(29-25)14-13-18-7-2-3-8-18/h4-6,9-12,15,18H,2-3,7-8,13-14,16H2,1H3,(H,26,30)(H,27,31). The topological polar surface area (TPSA) is 84.0 Å². The first-order valence-electron chi connectivity index (χ1n) is 11.1. The van der Waals surface area contributed by atoms with Crippen molar-refractivity contribution in [2.75, 3.05) is 16.4 Å². The van der Waals surface area contributed by atoms with Crippen LogP contribution in [0.4, 0.5) is 11.4 Å². The first-order chi connectivity index (χ1) is 15.6. The van der Waals surface area contributed by atoms with Gasteiger partial charge in [-0.2, -0.15) is 0 Å². The molecule has 1 aromatic heterocycles. The summed E-state index contributed by atoms with van der Waals surface area (Å²) in [6.07, 6.45) is 7.33. The number of amides is 2. The second-order valence-corrected chi connectivity index (χ2v) is 9.21. The normalized spacial score (nSPS) is 13.9. The Morgan fingerprint density at radius 3 is 2.53 bits per heavy atom. The van der Waals surface area contributed by atoms with Gasteiger partial charge in [0.15, 0.2) is 0 Å². The third kappa shape index (κ3) is 6.07. The second-order valence-electron chi connectivity index (χ2n) is 8.25. The molecule has 3 aromatic rings. The molecule has 1 aliphatic carbocycles. The molecule has 1 aliphatic rings. The van der Waals surface area contributed by atoms with Gasteiger partial charge in [-0.3, -0.25) is 9.59 Å². The monoisotopic (exact) mass is 448 g/mol. The summed E-state index contributed by atoms with van der Waals surface area (Å²) in [6.45, 7) is 1.45. The van der Waals surface area contributed by atoms with Crippen LogP contribution in [0, 0.1) is 5.92 Å². The predicted molar refractivity (Wildman–Crippen MR) is 130 cm³/mol. The van der Waals surface area contributed by atoms with Crippen molar-refractivity contribution in [2.45, 2.75) is 50.5 Å². The largest absolute Gasteiger partial charge is 0.326 e. The fraction of sp³-hybridized carbons (Fsp3) is 0.360. The van der Waals surface area contributed by atoms with Crippen LogP contribution in [0.1, 0.15) is 44.9 Å². The van der Waals surface area contributed by atoms with Crippen molar-refractivity contribution in [3.8, 4) is 0 Å². The molecular weight excluding hydrogens is 420 g/mol. The van der Waals surface area contributed by atoms with Gasteiger partial charge in [0.05, 0.1) is 11.3 Å². The average Bonchev–Trinajstić information content (AvgIpc) is 3.29. The molecule has 32 heavy (non-hydrogen) atoms. The zero-order chi connectivity index (χ0) is 22.3. The molecule has 6 nitrogen and oxygen atoms in total. The van der Waals surface area contributed by atoms with Gasteiger partial charge in [-0.1, -0.05) is 61.7 Å². The smallest absolute Gasteiger partial charge is 0.234 e. The Bertz CT molecular complexity index is 1110. The third-order valence-electron chi connectivity index (χ3n) is 5.67. The van der Waals surface area contributed by atoms with Gasteiger partial charge in [0, 0.05) is 30.1 Å². The minimum absolute atomic E-state index is 0.120. The molecule has 4 rings (SSSR count). The van der Waals surface area contributed by atoms with Crippen LogP contribution in [0.3, 0.4) is 0 Å². The van der Waals surface area contributed by atoms with Crippen LogP contribution in [0.25, 0.3) is 10.9 Å². The van der Waals surface area contributed by atoms with Crippen LogP contribution in [0.5, 0.6) is 0 Å². The van der Waals surface area contributed by atoms with Crippen LogP contribution in [-0.4, -0.2) is 27.5 Å². The molecular formula is C25H28N4O2S. The maximum atomic E-state index is 12.6. The highest BCUT2D eigenvalue weighted by atomic mass is 32.2. The Kier molecular flexibility index (Phi) is 7.37. The lowest BCUT2D eigenvalue weighted by Gasteiger charge is -2.11. The van der Waals surface area contributed by atoms with Gasteiger partial charge < -0.3 is 10.6 Å². The number of aryl methyl sites for hydroxylation is 1. The molecule has 1 saturated carbocycles. The van der Waals surface area contributed by atoms with E-state index in [0.29, 0.717) is 11.4 Å². The van der Waals surface area contributed by atoms with Crippen molar-refractivity contribution in [1.29, 1.82) is 0 Å². The highest BCUT2D eigenvalue weighted by molar-refractivity contribution is 8.00. The van der Waals surface area contributed by atoms with Crippen LogP contribution < -0.4 is 10.6 Å². The van der Waals surface area contributed by atoms with Crippen LogP contribution in [0.15, 0.2) is 53.6 Å². The van der Waals surface area contributed by atoms with Crippen molar-refractivity contribution in [3.63, 3.8) is 0 Å². The number of anilines is 2. The lowest BCUT2D eigenvalue weighted by Crippen LogP contribution is -2.15. The van der Waals surface area contributed by atoms with E-state index in [-0.39, 0.29) is 17.6 Å². The summed E-state index contributed by atoms with van der Waals surface area (Å²) in [5.41, 5.74) is 2.22. The SMILES string of the molecule is CC(=O)Nc1cccc(NC(=O)CSc2nc(CCC3CCCC3)nc3ccccc23)c1. The molecule has 2 N–H and O–H groups in total. The first kappa shape index (κ1) is 22.3. The van der Waals surface area contributed by atoms with Crippen molar-refractivity contribution < 1.29 is 9.59 Å². The van der Waals surface area contributed by atoms with E-state index in [1.807, 2.05) is 24.3 Å². The van der Waals surface area contributed by atoms with E-state index in [4.69, 9.17) is 9.97 Å². The highest BCUT2D eigenvalue weighted by Crippen LogP contribution is 2.30. The first-order valence-corrected chi connectivity index (χ1v) is 12.1. The van der Waals surface area contributed by atoms with Crippen molar-refractivity contribution in [1.82, 2.24) is 9.97 Å². The Labute approximate surface area is 192 Å². The van der Waals surface area contributed by atoms with E-state index in [2.05, 4.69) is 10.6 Å². The fourth-order valence-electron chi connectivity index (χ4n) is 4.16. The molecule has 0 saturated heterocycles. The van der Waals surface area contributed by atoms with Gasteiger partial charge in [0.2, 0.25) is 11.8 Å². The molecule has 0 radical (unpaired) electrons. The number of nitrogens with zero attached hydrogens (tertiary/aromatic N) is 2. The van der Waals surface area contributed by atoms with Crippen LogP contribution >= 0.6 is 11.8 Å². The molecule has 7 heteroatoms. The average molecular weight is 449 g/mol. The summed E-state index contributed by atoms with van der Waals surface area (Å²) < 4.78 is 0. The van der Waals surface area contributed by atoms with Crippen molar-refractivity contribution in [2.24, 2.45) is 5.92 Å². The number of para-hydroxylation sites is 1. The number of nitrogens with one attached hydrogen (secondary N) is 2. The number of fused-ring (bicyclic) bond motifs is 1. The summed E-state index contributed by atoms with van der Waals surface area (Å²) in [5.74, 6) is 1.63. The molecule has 2 aromatic carbocycles. The van der Waals surface area contributed by atoms with Gasteiger partial charge in [-0.05, 0) is 36.6 Å². The summed E-state index contributed by atoms with van der Waals surface area (Å²) in [4.78, 5) is 33.4. The molecule has 1 fully saturated rings. The summed E-state index contributed by atoms with van der Waals surface area (Å²) >= 11 is 1.43. The Balaban J connectivity index is 1.42. The molecule has 166 valence electrons. The minimum Gasteiger partial charge on any atom is -0.326 e. The van der Waals surface area contributed by atoms with Crippen molar-refractivity contribution >= 4 is 45.9 Å². The van der Waals surface area contributed by atoms with E-state index in [1.165, 1.54) is 44.4 Å². The summed E-state index contributed by atoms with van der Waals surface area (Å²) in [6, 6.07) is 15.1. The molecule has 0 aliphatic heterocycles. The number of hydrogen-bond acceptors (Lipinski definition) is 5. The second kappa shape index (κ2) is 10.6. The lowest BCUT2D eigenvalue weighted by molar-refractivity contribution is -0.114. The predicted octanol–water partition coefficient (Wildman–Crippen LogP) is 5.44. The summed E-state index contributed by atoms with van der Waals surface area (Å²) in [7, 11) is 0. The molecule has 0 unspecified atom stereocenters. The number of hydrogen-bond donors (Lipinski definition) is 2. The lowest BCUT2D eigenvalue weighted by atomic mass is 10.0. The molecule has 1 heterocycles. The Morgan fingerprint density at radius 1 is 1.00 bits per heavy atom. The summed E-state index contributed by atoms with van der Waals surface area (Å²) in [5, 5.41) is 7.44. The van der Waals surface area contributed by atoms with Crippen molar-refractivity contribution in [3.05, 3.63) is 54.4 Å². The zero-order valence-corrected chi connectivity index (χ0v) is 19.1. The fourth-order valence-corrected chi connectivity index (χ4v) is 4.99. The number of rotatable bonds is 8. The quantitative estimate of drug-likeness (QED) is 0.354. The number of carbonyl (C=O) groups excluding carboxylic acids is 2. The minimum atomic E-state index is -0.150. The van der Waals surface area contributed by atoms with Gasteiger partial charge in [0.25, 0.3) is 0 Å². The number of aromatic nitrogens is 2. The Morgan fingerprint density at radius 2 is 1.75 bits per heavy atom. The van der Waals surface area contributed by atoms with E-state index in [1.54, 1.807) is 24.3 Å². The molecule has 0 atom stereocenters. The van der Waals surface area contributed by atoms with Gasteiger partial charge >= 0.3 is 0 Å². The van der Waals surface area contributed by atoms with Crippen LogP contribution in [-0.2, 0) is 16.0 Å².